The van der Waals surface area contributed by atoms with Gasteiger partial charge in [0.15, 0.2) is 5.75 Å². The SMILES string of the molecule is C=C(CO)c1cc(OOC(=O)CCO)cc(-c2ccc(C3CCC(CCCCC)CC3)cc2F)c1.CC(=O)O. The van der Waals surface area contributed by atoms with E-state index in [0.29, 0.717) is 28.2 Å². The van der Waals surface area contributed by atoms with E-state index in [2.05, 4.69) is 13.5 Å². The van der Waals surface area contributed by atoms with E-state index in [-0.39, 0.29) is 31.2 Å². The van der Waals surface area contributed by atoms with Gasteiger partial charge in [-0.15, -0.1) is 0 Å². The molecule has 39 heavy (non-hydrogen) atoms. The Bertz CT molecular complexity index is 1090. The maximum atomic E-state index is 15.3. The molecule has 3 rings (SSSR count). The minimum atomic E-state index is -0.833. The van der Waals surface area contributed by atoms with Crippen LogP contribution in [0.25, 0.3) is 16.7 Å². The van der Waals surface area contributed by atoms with Crippen LogP contribution in [0.2, 0.25) is 0 Å². The second-order valence-corrected chi connectivity index (χ2v) is 9.99. The van der Waals surface area contributed by atoms with Crippen LogP contribution in [0.3, 0.4) is 0 Å². The maximum Gasteiger partial charge on any atom is 0.357 e. The summed E-state index contributed by atoms with van der Waals surface area (Å²) in [5.74, 6) is -0.539. The highest BCUT2D eigenvalue weighted by Gasteiger charge is 2.23. The zero-order chi connectivity index (χ0) is 28.8. The van der Waals surface area contributed by atoms with Crippen LogP contribution in [-0.4, -0.2) is 40.5 Å². The molecule has 0 amide bonds. The van der Waals surface area contributed by atoms with Crippen LogP contribution in [0.1, 0.15) is 88.7 Å². The van der Waals surface area contributed by atoms with Gasteiger partial charge in [0.2, 0.25) is 0 Å². The standard InChI is InChI=1S/C29H37FO5.C2H4O2/c1-3-4-5-6-21-7-9-22(10-8-21)23-11-12-27(28(30)18-23)25-15-24(20(2)19-32)16-26(17-25)34-35-29(33)13-14-31;1-2(3)4/h11-12,15-18,21-22,31-32H,2-10,13-14,19H2,1H3;1H3,(H,3,4). The summed E-state index contributed by atoms with van der Waals surface area (Å²) in [5.41, 5.74) is 2.91. The van der Waals surface area contributed by atoms with E-state index in [1.165, 1.54) is 38.5 Å². The lowest BCUT2D eigenvalue weighted by atomic mass is 9.77. The van der Waals surface area contributed by atoms with Crippen molar-refractivity contribution in [3.63, 3.8) is 0 Å². The van der Waals surface area contributed by atoms with E-state index in [0.717, 1.165) is 31.2 Å². The fraction of sp³-hybridized carbons (Fsp3) is 0.484. The third-order valence-corrected chi connectivity index (χ3v) is 6.89. The Hall–Kier alpha value is -3.23. The van der Waals surface area contributed by atoms with Gasteiger partial charge in [-0.25, -0.2) is 9.18 Å². The number of halogens is 1. The molecule has 2 aromatic carbocycles. The highest BCUT2D eigenvalue weighted by molar-refractivity contribution is 5.75. The average molecular weight is 545 g/mol. The zero-order valence-corrected chi connectivity index (χ0v) is 23.0. The van der Waals surface area contributed by atoms with Crippen molar-refractivity contribution in [2.75, 3.05) is 13.2 Å². The number of benzene rings is 2. The summed E-state index contributed by atoms with van der Waals surface area (Å²) in [7, 11) is 0. The van der Waals surface area contributed by atoms with Crippen LogP contribution in [0, 0.1) is 11.7 Å². The number of unbranched alkanes of at least 4 members (excludes halogenated alkanes) is 2. The molecule has 1 saturated carbocycles. The molecule has 214 valence electrons. The highest BCUT2D eigenvalue weighted by atomic mass is 19.1. The minimum absolute atomic E-state index is 0.170. The fourth-order valence-corrected chi connectivity index (χ4v) is 4.81. The second kappa shape index (κ2) is 16.7. The number of hydrogen-bond donors (Lipinski definition) is 3. The molecule has 0 saturated heterocycles. The molecule has 0 aromatic heterocycles. The fourth-order valence-electron chi connectivity index (χ4n) is 4.81. The zero-order valence-electron chi connectivity index (χ0n) is 23.0. The van der Waals surface area contributed by atoms with E-state index >= 15 is 4.39 Å². The molecular weight excluding hydrogens is 503 g/mol. The van der Waals surface area contributed by atoms with Crippen LogP contribution in [-0.2, 0) is 14.5 Å². The molecule has 1 aliphatic rings. The number of carboxylic acids is 1. The highest BCUT2D eigenvalue weighted by Crippen LogP contribution is 2.39. The second-order valence-electron chi connectivity index (χ2n) is 9.99. The summed E-state index contributed by atoms with van der Waals surface area (Å²) in [4.78, 5) is 30.4. The Morgan fingerprint density at radius 2 is 1.74 bits per heavy atom. The van der Waals surface area contributed by atoms with Gasteiger partial charge < -0.3 is 15.3 Å². The van der Waals surface area contributed by atoms with Gasteiger partial charge in [-0.2, -0.15) is 0 Å². The number of carboxylic acid groups (broad SMARTS) is 1. The van der Waals surface area contributed by atoms with Crippen LogP contribution < -0.4 is 4.89 Å². The summed E-state index contributed by atoms with van der Waals surface area (Å²) in [6.45, 7) is 6.51. The Labute approximate surface area is 230 Å². The summed E-state index contributed by atoms with van der Waals surface area (Å²) < 4.78 is 15.3. The predicted octanol–water partition coefficient (Wildman–Crippen LogP) is 6.66. The molecule has 3 N–H and O–H groups in total. The molecule has 0 bridgehead atoms. The van der Waals surface area contributed by atoms with Gasteiger partial charge in [0, 0.05) is 12.5 Å². The van der Waals surface area contributed by atoms with E-state index in [1.54, 1.807) is 30.3 Å². The first-order valence-corrected chi connectivity index (χ1v) is 13.6. The van der Waals surface area contributed by atoms with Crippen molar-refractivity contribution in [1.29, 1.82) is 0 Å². The molecule has 1 fully saturated rings. The molecule has 8 heteroatoms. The van der Waals surface area contributed by atoms with Crippen molar-refractivity contribution in [1.82, 2.24) is 0 Å². The third-order valence-electron chi connectivity index (χ3n) is 6.89. The van der Waals surface area contributed by atoms with E-state index in [4.69, 9.17) is 24.8 Å². The van der Waals surface area contributed by atoms with Crippen molar-refractivity contribution in [3.8, 4) is 16.9 Å². The normalized spacial score (nSPS) is 16.5. The maximum absolute atomic E-state index is 15.3. The van der Waals surface area contributed by atoms with Gasteiger partial charge in [-0.05, 0) is 84.0 Å². The van der Waals surface area contributed by atoms with Crippen molar-refractivity contribution >= 4 is 17.5 Å². The number of carbonyl (C=O) groups excluding carboxylic acids is 1. The summed E-state index contributed by atoms with van der Waals surface area (Å²) in [5, 5.41) is 25.8. The summed E-state index contributed by atoms with van der Waals surface area (Å²) >= 11 is 0. The summed E-state index contributed by atoms with van der Waals surface area (Å²) in [6.07, 6.45) is 9.57. The van der Waals surface area contributed by atoms with E-state index in [1.807, 2.05) is 6.07 Å². The van der Waals surface area contributed by atoms with Gasteiger partial charge in [0.05, 0.1) is 19.6 Å². The number of aliphatic hydroxyl groups excluding tert-OH is 2. The van der Waals surface area contributed by atoms with Crippen LogP contribution in [0.15, 0.2) is 43.0 Å². The molecule has 0 aliphatic heterocycles. The first-order chi connectivity index (χ1) is 18.7. The van der Waals surface area contributed by atoms with Gasteiger partial charge >= 0.3 is 5.97 Å². The summed E-state index contributed by atoms with van der Waals surface area (Å²) in [6, 6.07) is 10.3. The first kappa shape index (κ1) is 32.0. The Morgan fingerprint density at radius 3 is 2.33 bits per heavy atom. The molecule has 1 aliphatic carbocycles. The third kappa shape index (κ3) is 10.8. The lowest BCUT2D eigenvalue weighted by molar-refractivity contribution is -0.214. The number of carbonyl (C=O) groups is 2. The number of hydrogen-bond acceptors (Lipinski definition) is 6. The van der Waals surface area contributed by atoms with E-state index < -0.39 is 11.9 Å². The molecule has 0 radical (unpaired) electrons. The predicted molar refractivity (Wildman–Crippen MR) is 149 cm³/mol. The quantitative estimate of drug-likeness (QED) is 0.155. The van der Waals surface area contributed by atoms with Gasteiger partial charge in [0.1, 0.15) is 5.82 Å². The Kier molecular flexibility index (Phi) is 13.7. The molecular formula is C31H41FO7. The number of aliphatic hydroxyl groups is 2. The first-order valence-electron chi connectivity index (χ1n) is 13.6. The molecule has 0 heterocycles. The number of aliphatic carboxylic acids is 1. The average Bonchev–Trinajstić information content (AvgIpc) is 2.91. The van der Waals surface area contributed by atoms with Crippen LogP contribution in [0.5, 0.6) is 5.75 Å². The van der Waals surface area contributed by atoms with Crippen molar-refractivity contribution in [2.24, 2.45) is 5.92 Å². The number of rotatable bonds is 12. The molecule has 2 aromatic rings. The van der Waals surface area contributed by atoms with Crippen molar-refractivity contribution < 1.29 is 39.1 Å². The lowest BCUT2D eigenvalue weighted by Crippen LogP contribution is -2.13. The molecule has 7 nitrogen and oxygen atoms in total. The Balaban J connectivity index is 0.00000124. The Morgan fingerprint density at radius 1 is 1.05 bits per heavy atom. The minimum Gasteiger partial charge on any atom is -0.481 e. The van der Waals surface area contributed by atoms with Gasteiger partial charge in [-0.1, -0.05) is 51.3 Å². The topological polar surface area (TPSA) is 113 Å². The molecule has 0 atom stereocenters. The van der Waals surface area contributed by atoms with Crippen LogP contribution in [0.4, 0.5) is 4.39 Å². The van der Waals surface area contributed by atoms with Gasteiger partial charge in [0.25, 0.3) is 5.97 Å². The lowest BCUT2D eigenvalue weighted by Gasteiger charge is -2.29. The van der Waals surface area contributed by atoms with E-state index in [9.17, 15) is 9.90 Å². The van der Waals surface area contributed by atoms with Crippen molar-refractivity contribution in [2.45, 2.75) is 77.6 Å². The monoisotopic (exact) mass is 544 g/mol. The largest absolute Gasteiger partial charge is 0.481 e. The van der Waals surface area contributed by atoms with Crippen LogP contribution >= 0.6 is 0 Å². The van der Waals surface area contributed by atoms with Crippen molar-refractivity contribution in [3.05, 3.63) is 59.9 Å². The smallest absolute Gasteiger partial charge is 0.357 e. The van der Waals surface area contributed by atoms with Gasteiger partial charge in [-0.3, -0.25) is 14.6 Å². The molecule has 0 spiro atoms. The molecule has 0 unspecified atom stereocenters.